The molecule has 3 N–H and O–H groups in total. The Balaban J connectivity index is 1.21. The molecule has 1 aliphatic heterocycles. The number of amides is 3. The zero-order valence-electron chi connectivity index (χ0n) is 19.7. The third kappa shape index (κ3) is 7.21. The molecule has 3 aromatic carbocycles. The number of benzene rings is 3. The molecule has 0 saturated carbocycles. The van der Waals surface area contributed by atoms with Crippen LogP contribution in [-0.2, 0) is 20.9 Å². The number of ether oxygens (including phenoxy) is 3. The fourth-order valence-electron chi connectivity index (χ4n) is 3.23. The predicted molar refractivity (Wildman–Crippen MR) is 137 cm³/mol. The van der Waals surface area contributed by atoms with E-state index in [1.54, 1.807) is 54.6 Å². The van der Waals surface area contributed by atoms with Gasteiger partial charge in [-0.05, 0) is 60.0 Å². The Hall–Kier alpha value is -4.57. The molecule has 1 heterocycles. The lowest BCUT2D eigenvalue weighted by molar-refractivity contribution is -0.139. The normalized spacial score (nSPS) is 11.7. The van der Waals surface area contributed by atoms with Gasteiger partial charge in [0.05, 0.1) is 6.21 Å². The van der Waals surface area contributed by atoms with Gasteiger partial charge in [0.15, 0.2) is 18.1 Å². The molecule has 4 rings (SSSR count). The molecular weight excluding hydrogens is 500 g/mol. The molecule has 11 heteroatoms. The van der Waals surface area contributed by atoms with E-state index < -0.39 is 11.8 Å². The summed E-state index contributed by atoms with van der Waals surface area (Å²) in [7, 11) is 0. The summed E-state index contributed by atoms with van der Waals surface area (Å²) < 4.78 is 16.1. The van der Waals surface area contributed by atoms with Crippen molar-refractivity contribution in [2.45, 2.75) is 13.5 Å². The Morgan fingerprint density at radius 3 is 2.70 bits per heavy atom. The lowest BCUT2D eigenvalue weighted by Crippen LogP contribution is -2.37. The van der Waals surface area contributed by atoms with Crippen LogP contribution in [0.15, 0.2) is 65.8 Å². The molecule has 0 atom stereocenters. The number of nitrogens with zero attached hydrogens (tertiary/aromatic N) is 1. The third-order valence-electron chi connectivity index (χ3n) is 5.16. The van der Waals surface area contributed by atoms with Crippen molar-refractivity contribution in [1.82, 2.24) is 10.7 Å². The van der Waals surface area contributed by atoms with Crippen LogP contribution in [0.1, 0.15) is 16.7 Å². The zero-order valence-corrected chi connectivity index (χ0v) is 20.5. The van der Waals surface area contributed by atoms with Crippen molar-refractivity contribution in [1.29, 1.82) is 0 Å². The second-order valence-electron chi connectivity index (χ2n) is 7.94. The summed E-state index contributed by atoms with van der Waals surface area (Å²) in [6.07, 6.45) is 1.35. The van der Waals surface area contributed by atoms with Crippen molar-refractivity contribution >= 4 is 41.2 Å². The number of carbonyl (C=O) groups is 3. The first-order valence-corrected chi connectivity index (χ1v) is 11.5. The summed E-state index contributed by atoms with van der Waals surface area (Å²) in [5.74, 6) is -0.465. The van der Waals surface area contributed by atoms with Gasteiger partial charge in [-0.1, -0.05) is 35.9 Å². The van der Waals surface area contributed by atoms with E-state index in [0.717, 1.165) is 11.1 Å². The summed E-state index contributed by atoms with van der Waals surface area (Å²) in [5, 5.41) is 9.58. The number of rotatable bonds is 8. The quantitative estimate of drug-likeness (QED) is 0.237. The first kappa shape index (κ1) is 25.5. The van der Waals surface area contributed by atoms with E-state index in [4.69, 9.17) is 25.8 Å². The molecule has 0 aromatic heterocycles. The second-order valence-corrected chi connectivity index (χ2v) is 8.35. The van der Waals surface area contributed by atoms with Crippen LogP contribution in [0.3, 0.4) is 0 Å². The van der Waals surface area contributed by atoms with Crippen molar-refractivity contribution in [3.8, 4) is 17.2 Å². The number of halogens is 1. The number of aryl methyl sites for hydroxylation is 1. The molecule has 1 aliphatic rings. The van der Waals surface area contributed by atoms with E-state index in [9.17, 15) is 14.4 Å². The monoisotopic (exact) mass is 522 g/mol. The number of nitrogens with one attached hydrogen (secondary N) is 3. The minimum Gasteiger partial charge on any atom is -0.484 e. The van der Waals surface area contributed by atoms with Crippen LogP contribution in [0.2, 0.25) is 5.02 Å². The second kappa shape index (κ2) is 11.9. The lowest BCUT2D eigenvalue weighted by Gasteiger charge is -2.09. The highest BCUT2D eigenvalue weighted by Crippen LogP contribution is 2.32. The minimum atomic E-state index is -0.919. The van der Waals surface area contributed by atoms with Gasteiger partial charge in [0.25, 0.3) is 5.91 Å². The van der Waals surface area contributed by atoms with Crippen LogP contribution in [0.4, 0.5) is 5.69 Å². The van der Waals surface area contributed by atoms with Crippen molar-refractivity contribution in [3.05, 3.63) is 82.4 Å². The van der Waals surface area contributed by atoms with E-state index in [1.165, 1.54) is 6.21 Å². The zero-order chi connectivity index (χ0) is 26.2. The number of carbonyl (C=O) groups excluding carboxylic acids is 3. The Morgan fingerprint density at radius 1 is 1.03 bits per heavy atom. The number of hydrogen-bond acceptors (Lipinski definition) is 7. The number of anilines is 1. The van der Waals surface area contributed by atoms with Gasteiger partial charge >= 0.3 is 11.8 Å². The largest absolute Gasteiger partial charge is 0.484 e. The summed E-state index contributed by atoms with van der Waals surface area (Å²) in [5.41, 5.74) is 4.99. The average molecular weight is 523 g/mol. The summed E-state index contributed by atoms with van der Waals surface area (Å²) in [6.45, 7) is 1.94. The van der Waals surface area contributed by atoms with Crippen molar-refractivity contribution in [3.63, 3.8) is 0 Å². The molecule has 0 saturated heterocycles. The fraction of sp³-hybridized carbons (Fsp3) is 0.154. The van der Waals surface area contributed by atoms with Crippen LogP contribution < -0.4 is 30.3 Å². The summed E-state index contributed by atoms with van der Waals surface area (Å²) >= 11 is 6.07. The van der Waals surface area contributed by atoms with Crippen LogP contribution in [0, 0.1) is 6.92 Å². The van der Waals surface area contributed by atoms with E-state index in [2.05, 4.69) is 21.2 Å². The first-order chi connectivity index (χ1) is 17.9. The summed E-state index contributed by atoms with van der Waals surface area (Å²) in [6, 6.07) is 17.2. The molecule has 190 valence electrons. The molecular formula is C26H23ClN4O6. The maximum absolute atomic E-state index is 12.2. The van der Waals surface area contributed by atoms with Gasteiger partial charge < -0.3 is 24.8 Å². The van der Waals surface area contributed by atoms with Crippen molar-refractivity contribution in [2.75, 3.05) is 18.7 Å². The molecule has 0 fully saturated rings. The van der Waals surface area contributed by atoms with Crippen LogP contribution >= 0.6 is 11.6 Å². The topological polar surface area (TPSA) is 127 Å². The standard InChI is InChI=1S/C26H23ClN4O6/c1-16-5-7-19(11-21(16)27)30-24(32)14-35-20-4-2-3-17(9-20)13-29-31-26(34)25(33)28-12-18-6-8-22-23(10-18)37-15-36-22/h2-11,13H,12,14-15H2,1H3,(H,28,33)(H,30,32)(H,31,34)/b29-13-. The maximum atomic E-state index is 12.2. The highest BCUT2D eigenvalue weighted by molar-refractivity contribution is 6.35. The predicted octanol–water partition coefficient (Wildman–Crippen LogP) is 3.16. The van der Waals surface area contributed by atoms with Crippen molar-refractivity contribution < 1.29 is 28.6 Å². The number of fused-ring (bicyclic) bond motifs is 1. The van der Waals surface area contributed by atoms with Gasteiger partial charge in [0.2, 0.25) is 6.79 Å². The Bertz CT molecular complexity index is 1360. The highest BCUT2D eigenvalue weighted by atomic mass is 35.5. The van der Waals surface area contributed by atoms with Gasteiger partial charge in [-0.2, -0.15) is 5.10 Å². The maximum Gasteiger partial charge on any atom is 0.329 e. The smallest absolute Gasteiger partial charge is 0.329 e. The molecule has 0 bridgehead atoms. The van der Waals surface area contributed by atoms with E-state index >= 15 is 0 Å². The molecule has 0 spiro atoms. The first-order valence-electron chi connectivity index (χ1n) is 11.2. The summed E-state index contributed by atoms with van der Waals surface area (Å²) in [4.78, 5) is 36.2. The van der Waals surface area contributed by atoms with Gasteiger partial charge in [-0.3, -0.25) is 14.4 Å². The van der Waals surface area contributed by atoms with E-state index in [1.807, 2.05) is 13.0 Å². The van der Waals surface area contributed by atoms with Gasteiger partial charge in [0, 0.05) is 17.3 Å². The minimum absolute atomic E-state index is 0.135. The van der Waals surface area contributed by atoms with Crippen molar-refractivity contribution in [2.24, 2.45) is 5.10 Å². The molecule has 0 aliphatic carbocycles. The molecule has 37 heavy (non-hydrogen) atoms. The SMILES string of the molecule is Cc1ccc(NC(=O)COc2cccc(/C=N\NC(=O)C(=O)NCc3ccc4c(c3)OCO4)c2)cc1Cl. The molecule has 3 amide bonds. The molecule has 3 aromatic rings. The van der Waals surface area contributed by atoms with Crippen LogP contribution in [0.5, 0.6) is 17.2 Å². The Morgan fingerprint density at radius 2 is 1.86 bits per heavy atom. The highest BCUT2D eigenvalue weighted by Gasteiger charge is 2.15. The van der Waals surface area contributed by atoms with E-state index in [-0.39, 0.29) is 25.9 Å². The van der Waals surface area contributed by atoms with Crippen LogP contribution in [-0.4, -0.2) is 37.3 Å². The van der Waals surface area contributed by atoms with E-state index in [0.29, 0.717) is 33.5 Å². The number of hydrazone groups is 1. The van der Waals surface area contributed by atoms with Gasteiger partial charge in [-0.25, -0.2) is 5.43 Å². The molecule has 0 radical (unpaired) electrons. The fourth-order valence-corrected chi connectivity index (χ4v) is 3.41. The van der Waals surface area contributed by atoms with Crippen LogP contribution in [0.25, 0.3) is 0 Å². The van der Waals surface area contributed by atoms with Gasteiger partial charge in [-0.15, -0.1) is 0 Å². The Labute approximate surface area is 217 Å². The third-order valence-corrected chi connectivity index (χ3v) is 5.57. The lowest BCUT2D eigenvalue weighted by atomic mass is 10.2. The van der Waals surface area contributed by atoms with Gasteiger partial charge in [0.1, 0.15) is 5.75 Å². The number of hydrogen-bond donors (Lipinski definition) is 3. The average Bonchev–Trinajstić information content (AvgIpc) is 3.36. The Kier molecular flexibility index (Phi) is 8.22. The molecule has 0 unspecified atom stereocenters. The molecule has 10 nitrogen and oxygen atoms in total.